The highest BCUT2D eigenvalue weighted by Crippen LogP contribution is 2.30. The fourth-order valence-corrected chi connectivity index (χ4v) is 3.85. The molecule has 2 aromatic rings. The van der Waals surface area contributed by atoms with Crippen LogP contribution in [0.2, 0.25) is 0 Å². The molecule has 0 unspecified atom stereocenters. The fraction of sp³-hybridized carbons (Fsp3) is 0.435. The smallest absolute Gasteiger partial charge is 0.406 e. The third-order valence-corrected chi connectivity index (χ3v) is 5.43. The molecule has 1 amide bonds. The molecule has 0 radical (unpaired) electrons. The number of nitrogens with zero attached hydrogens (tertiary/aromatic N) is 2. The number of hydrogen-bond donors (Lipinski definition) is 2. The van der Waals surface area contributed by atoms with Crippen LogP contribution in [0.5, 0.6) is 5.75 Å². The summed E-state index contributed by atoms with van der Waals surface area (Å²) < 4.78 is 45.6. The van der Waals surface area contributed by atoms with Gasteiger partial charge in [0.25, 0.3) is 5.82 Å². The Labute approximate surface area is 194 Å². The van der Waals surface area contributed by atoms with E-state index in [4.69, 9.17) is 9.84 Å². The number of benzene rings is 1. The number of carboxylic acids is 1. The maximum absolute atomic E-state index is 13.0. The van der Waals surface area contributed by atoms with Gasteiger partial charge in [0, 0.05) is 19.0 Å². The number of aromatic nitrogens is 1. The van der Waals surface area contributed by atoms with Gasteiger partial charge in [-0.15, -0.1) is 0 Å². The number of ether oxygens (including phenoxy) is 1. The first kappa shape index (κ1) is 25.1. The number of aliphatic carboxylic acids is 1. The van der Waals surface area contributed by atoms with Crippen LogP contribution in [-0.4, -0.2) is 47.8 Å². The first-order valence-electron chi connectivity index (χ1n) is 10.8. The van der Waals surface area contributed by atoms with E-state index in [0.717, 1.165) is 10.3 Å². The molecule has 0 bridgehead atoms. The highest BCUT2D eigenvalue weighted by atomic mass is 19.4. The third kappa shape index (κ3) is 7.00. The first-order chi connectivity index (χ1) is 16.0. The van der Waals surface area contributed by atoms with Crippen LogP contribution in [0.4, 0.5) is 19.0 Å². The molecular weight excluding hydrogens is 455 g/mol. The van der Waals surface area contributed by atoms with Crippen LogP contribution in [-0.2, 0) is 22.6 Å². The number of fused-ring (bicyclic) bond motifs is 1. The lowest BCUT2D eigenvalue weighted by molar-refractivity contribution is -0.590. The van der Waals surface area contributed by atoms with Crippen molar-refractivity contribution in [3.05, 3.63) is 58.4 Å². The van der Waals surface area contributed by atoms with Crippen molar-refractivity contribution in [2.75, 3.05) is 25.0 Å². The predicted octanol–water partition coefficient (Wildman–Crippen LogP) is 3.05. The van der Waals surface area contributed by atoms with E-state index in [1.165, 1.54) is 6.20 Å². The Balaban J connectivity index is 1.64. The quantitative estimate of drug-likeness (QED) is 0.324. The van der Waals surface area contributed by atoms with Crippen molar-refractivity contribution in [1.29, 1.82) is 0 Å². The molecule has 2 N–H and O–H groups in total. The Hall–Kier alpha value is -3.50. The summed E-state index contributed by atoms with van der Waals surface area (Å²) in [6.45, 7) is 0.917. The summed E-state index contributed by atoms with van der Waals surface area (Å²) >= 11 is 0. The van der Waals surface area contributed by atoms with Gasteiger partial charge in [0.1, 0.15) is 12.3 Å². The lowest BCUT2D eigenvalue weighted by atomic mass is 9.94. The molecule has 0 saturated heterocycles. The number of carboxylic acid groups (broad SMARTS) is 1. The highest BCUT2D eigenvalue weighted by Gasteiger charge is 2.38. The van der Waals surface area contributed by atoms with Crippen LogP contribution in [0.25, 0.3) is 0 Å². The number of aryl methyl sites for hydroxylation is 1. The van der Waals surface area contributed by atoms with E-state index in [-0.39, 0.29) is 13.0 Å². The minimum atomic E-state index is -4.60. The minimum absolute atomic E-state index is 0.0463. The van der Waals surface area contributed by atoms with E-state index >= 15 is 0 Å². The number of anilines is 1. The number of carbonyl (C=O) groups excluding carboxylic acids is 1. The van der Waals surface area contributed by atoms with Crippen LogP contribution >= 0.6 is 0 Å². The highest BCUT2D eigenvalue weighted by molar-refractivity contribution is 5.84. The van der Waals surface area contributed by atoms with E-state index in [1.54, 1.807) is 30.3 Å². The molecular formula is C23H26F3N3O5. The summed E-state index contributed by atoms with van der Waals surface area (Å²) in [6, 6.07) is 8.34. The molecule has 0 aliphatic carbocycles. The number of nitrogens with one attached hydrogen (secondary N) is 1. The van der Waals surface area contributed by atoms with Gasteiger partial charge in [0.05, 0.1) is 31.7 Å². The minimum Gasteiger partial charge on any atom is -0.711 e. The molecule has 0 spiro atoms. The van der Waals surface area contributed by atoms with Gasteiger partial charge >= 0.3 is 12.1 Å². The molecule has 2 heterocycles. The van der Waals surface area contributed by atoms with Crippen LogP contribution in [0.1, 0.15) is 29.5 Å². The van der Waals surface area contributed by atoms with E-state index in [1.807, 2.05) is 6.92 Å². The van der Waals surface area contributed by atoms with Crippen molar-refractivity contribution in [3.63, 3.8) is 0 Å². The molecule has 11 heteroatoms. The maximum Gasteiger partial charge on any atom is 0.406 e. The van der Waals surface area contributed by atoms with E-state index in [0.29, 0.717) is 47.2 Å². The van der Waals surface area contributed by atoms with E-state index < -0.39 is 36.9 Å². The molecule has 8 nitrogen and oxygen atoms in total. The molecule has 34 heavy (non-hydrogen) atoms. The van der Waals surface area contributed by atoms with Crippen molar-refractivity contribution in [2.45, 2.75) is 38.9 Å². The molecule has 3 rings (SSSR count). The van der Waals surface area contributed by atoms with Crippen molar-refractivity contribution in [3.8, 4) is 5.75 Å². The summed E-state index contributed by atoms with van der Waals surface area (Å²) in [4.78, 5) is 24.4. The zero-order chi connectivity index (χ0) is 24.9. The van der Waals surface area contributed by atoms with Gasteiger partial charge in [-0.2, -0.15) is 13.2 Å². The van der Waals surface area contributed by atoms with E-state index in [9.17, 15) is 28.0 Å². The van der Waals surface area contributed by atoms with Crippen molar-refractivity contribution < 1.29 is 37.3 Å². The Morgan fingerprint density at radius 3 is 2.76 bits per heavy atom. The van der Waals surface area contributed by atoms with Crippen LogP contribution in [0.15, 0.2) is 36.5 Å². The number of alkyl halides is 3. The van der Waals surface area contributed by atoms with Crippen LogP contribution < -0.4 is 14.8 Å². The van der Waals surface area contributed by atoms with Crippen molar-refractivity contribution >= 4 is 17.7 Å². The Bertz CT molecular complexity index is 1040. The molecule has 1 aliphatic rings. The molecule has 1 atom stereocenters. The lowest BCUT2D eigenvalue weighted by Crippen LogP contribution is -2.41. The average Bonchev–Trinajstić information content (AvgIpc) is 2.85. The van der Waals surface area contributed by atoms with Gasteiger partial charge in [0.15, 0.2) is 0 Å². The van der Waals surface area contributed by atoms with Gasteiger partial charge in [-0.1, -0.05) is 6.07 Å². The number of amides is 1. The van der Waals surface area contributed by atoms with Gasteiger partial charge in [-0.25, -0.2) is 4.73 Å². The Kier molecular flexibility index (Phi) is 7.85. The maximum atomic E-state index is 13.0. The molecule has 1 aromatic heterocycles. The summed E-state index contributed by atoms with van der Waals surface area (Å²) in [5.74, 6) is -2.27. The zero-order valence-corrected chi connectivity index (χ0v) is 18.6. The van der Waals surface area contributed by atoms with Crippen molar-refractivity contribution in [2.24, 2.45) is 5.92 Å². The number of pyridine rings is 1. The van der Waals surface area contributed by atoms with Gasteiger partial charge in [-0.3, -0.25) is 14.9 Å². The number of halogens is 3. The molecule has 1 aliphatic heterocycles. The topological polar surface area (TPSA) is 106 Å². The standard InChI is InChI=1S/C23H26F3N3O5/c1-15-5-7-29(33)20(9-15)27-6-2-8-34-19-4-3-16-10-17(12-21(30)31)22(32)28(13-18(16)11-19)14-23(24,25)26/h3-5,7,9,11,17,27H,2,6,8,10,12-14H2,1H3,(H,30,31)/t17-/m0/s1. The van der Waals surface area contributed by atoms with Gasteiger partial charge < -0.3 is 20.0 Å². The first-order valence-corrected chi connectivity index (χ1v) is 10.8. The molecule has 0 fully saturated rings. The van der Waals surface area contributed by atoms with Crippen LogP contribution in [0, 0.1) is 18.0 Å². The third-order valence-electron chi connectivity index (χ3n) is 5.43. The second-order valence-electron chi connectivity index (χ2n) is 8.28. The number of carbonyl (C=O) groups is 2. The van der Waals surface area contributed by atoms with Gasteiger partial charge in [-0.05, 0) is 48.2 Å². The summed E-state index contributed by atoms with van der Waals surface area (Å²) in [6.07, 6.45) is -3.12. The molecule has 1 aromatic carbocycles. The SMILES string of the molecule is Cc1cc[n+]([O-])c(NCCCOc2ccc3c(c2)CN(CC(F)(F)F)C(=O)[C@H](CC(=O)O)C3)c1. The average molecular weight is 481 g/mol. The number of rotatable bonds is 9. The molecule has 184 valence electrons. The zero-order valence-electron chi connectivity index (χ0n) is 18.6. The summed E-state index contributed by atoms with van der Waals surface area (Å²) in [7, 11) is 0. The summed E-state index contributed by atoms with van der Waals surface area (Å²) in [5, 5.41) is 23.8. The second-order valence-corrected chi connectivity index (χ2v) is 8.28. The predicted molar refractivity (Wildman–Crippen MR) is 116 cm³/mol. The largest absolute Gasteiger partial charge is 0.711 e. The Morgan fingerprint density at radius 2 is 2.06 bits per heavy atom. The second kappa shape index (κ2) is 10.6. The fourth-order valence-electron chi connectivity index (χ4n) is 3.85. The number of hydrogen-bond acceptors (Lipinski definition) is 5. The molecule has 0 saturated carbocycles. The normalized spacial score (nSPS) is 16.1. The van der Waals surface area contributed by atoms with Gasteiger partial charge in [0.2, 0.25) is 5.91 Å². The Morgan fingerprint density at radius 1 is 1.29 bits per heavy atom. The summed E-state index contributed by atoms with van der Waals surface area (Å²) in [5.41, 5.74) is 2.06. The van der Waals surface area contributed by atoms with Crippen LogP contribution in [0.3, 0.4) is 0 Å². The lowest BCUT2D eigenvalue weighted by Gasteiger charge is -2.25. The monoisotopic (exact) mass is 481 g/mol. The van der Waals surface area contributed by atoms with Crippen molar-refractivity contribution in [1.82, 2.24) is 4.90 Å². The van der Waals surface area contributed by atoms with E-state index in [2.05, 4.69) is 5.32 Å².